The van der Waals surface area contributed by atoms with Gasteiger partial charge < -0.3 is 13.7 Å². The quantitative estimate of drug-likeness (QED) is 0.145. The number of aromatic nitrogens is 6. The van der Waals surface area contributed by atoms with Gasteiger partial charge in [0.05, 0.1) is 38.8 Å². The first-order valence-corrected chi connectivity index (χ1v) is 27.5. The van der Waals surface area contributed by atoms with Gasteiger partial charge in [0.2, 0.25) is 0 Å². The molecule has 6 heteroatoms. The average molecular weight is 1030 g/mol. The normalized spacial score (nSPS) is 11.7. The molecule has 16 aromatic rings. The second-order valence-corrected chi connectivity index (χ2v) is 20.8. The largest absolute Gasteiger partial charge is 0.309 e. The fourth-order valence-corrected chi connectivity index (χ4v) is 12.3. The summed E-state index contributed by atoms with van der Waals surface area (Å²) in [4.78, 5) is 15.2. The van der Waals surface area contributed by atoms with Crippen molar-refractivity contribution in [3.05, 3.63) is 291 Å². The van der Waals surface area contributed by atoms with Crippen LogP contribution in [0.4, 0.5) is 0 Å². The highest BCUT2D eigenvalue weighted by atomic mass is 15.0. The van der Waals surface area contributed by atoms with Crippen molar-refractivity contribution < 1.29 is 0 Å². The maximum Gasteiger partial charge on any atom is 0.164 e. The summed E-state index contributed by atoms with van der Waals surface area (Å²) in [5.74, 6) is 1.88. The number of hydrogen-bond acceptors (Lipinski definition) is 3. The lowest BCUT2D eigenvalue weighted by atomic mass is 9.95. The first kappa shape index (κ1) is 46.2. The molecule has 0 unspecified atom stereocenters. The number of rotatable bonds is 9. The van der Waals surface area contributed by atoms with E-state index in [0.717, 1.165) is 78.1 Å². The molecule has 0 aliphatic heterocycles. The van der Waals surface area contributed by atoms with Gasteiger partial charge in [-0.2, -0.15) is 0 Å². The summed E-state index contributed by atoms with van der Waals surface area (Å²) in [6.07, 6.45) is 0. The second kappa shape index (κ2) is 18.9. The second-order valence-electron chi connectivity index (χ2n) is 20.8. The van der Waals surface area contributed by atoms with Gasteiger partial charge in [0.25, 0.3) is 0 Å². The SMILES string of the molecule is c1ccc(-c2nc(-c3ccccc3)nc(-c3cccc(-c4ccc(-c5ccc6c(c5)c5ccc(-c7ccc8c(c7)c7ccccc7n8-c7ccccc7)cc5n6-c5ccccc5)c(-n5c6ccccc6c6ccccc65)c4)c3)n2)cc1. The standard InChI is InChI=1S/C75H48N6/c1-5-20-49(21-6-1)73-76-74(50-22-7-2-8-23-50)78-75(77-73)56-25-19-24-51(44-56)53-36-40-59(71(47-53)81-67-34-17-13-30-60(67)61-31-14-18-35-68(61)81)55-39-43-70-65(46-55)63-41-37-54(48-72(63)80(70)58-28-11-4-12-29-58)52-38-42-69-64(45-52)62-32-15-16-33-66(62)79(69)57-26-9-3-10-27-57/h1-48H. The highest BCUT2D eigenvalue weighted by Gasteiger charge is 2.21. The molecular formula is C75H48N6. The van der Waals surface area contributed by atoms with E-state index < -0.39 is 0 Å². The van der Waals surface area contributed by atoms with E-state index in [-0.39, 0.29) is 0 Å². The summed E-state index contributed by atoms with van der Waals surface area (Å²) in [6, 6.07) is 105. The highest BCUT2D eigenvalue weighted by Crippen LogP contribution is 2.43. The number of hydrogen-bond donors (Lipinski definition) is 0. The molecule has 378 valence electrons. The summed E-state index contributed by atoms with van der Waals surface area (Å²) in [7, 11) is 0. The van der Waals surface area contributed by atoms with Crippen molar-refractivity contribution in [1.82, 2.24) is 28.7 Å². The first-order valence-electron chi connectivity index (χ1n) is 27.5. The van der Waals surface area contributed by atoms with E-state index >= 15 is 0 Å². The van der Waals surface area contributed by atoms with E-state index in [0.29, 0.717) is 17.5 Å². The Kier molecular flexibility index (Phi) is 10.8. The zero-order valence-electron chi connectivity index (χ0n) is 43.9. The van der Waals surface area contributed by atoms with Gasteiger partial charge in [0.15, 0.2) is 17.5 Å². The molecule has 0 saturated carbocycles. The molecule has 0 radical (unpaired) electrons. The van der Waals surface area contributed by atoms with Crippen LogP contribution in [0.3, 0.4) is 0 Å². The van der Waals surface area contributed by atoms with Crippen LogP contribution < -0.4 is 0 Å². The smallest absolute Gasteiger partial charge is 0.164 e. The van der Waals surface area contributed by atoms with Crippen molar-refractivity contribution in [3.63, 3.8) is 0 Å². The maximum atomic E-state index is 5.10. The fraction of sp³-hybridized carbons (Fsp3) is 0. The summed E-state index contributed by atoms with van der Waals surface area (Å²) in [6.45, 7) is 0. The topological polar surface area (TPSA) is 53.5 Å². The van der Waals surface area contributed by atoms with Crippen molar-refractivity contribution in [1.29, 1.82) is 0 Å². The molecule has 0 N–H and O–H groups in total. The molecule has 4 heterocycles. The van der Waals surface area contributed by atoms with Crippen molar-refractivity contribution >= 4 is 65.4 Å². The van der Waals surface area contributed by atoms with Gasteiger partial charge in [-0.15, -0.1) is 0 Å². The van der Waals surface area contributed by atoms with Crippen LogP contribution in [-0.2, 0) is 0 Å². The molecule has 16 rings (SSSR count). The van der Waals surface area contributed by atoms with Crippen molar-refractivity contribution in [2.45, 2.75) is 0 Å². The number of para-hydroxylation sites is 5. The van der Waals surface area contributed by atoms with E-state index in [1.54, 1.807) is 0 Å². The van der Waals surface area contributed by atoms with Gasteiger partial charge >= 0.3 is 0 Å². The third-order valence-electron chi connectivity index (χ3n) is 16.1. The van der Waals surface area contributed by atoms with Gasteiger partial charge in [0, 0.05) is 65.9 Å². The molecule has 0 spiro atoms. The Bertz CT molecular complexity index is 4980. The zero-order chi connectivity index (χ0) is 53.4. The minimum atomic E-state index is 0.618. The molecule has 0 bridgehead atoms. The minimum absolute atomic E-state index is 0.618. The average Bonchev–Trinajstić information content (AvgIpc) is 4.38. The number of fused-ring (bicyclic) bond motifs is 9. The molecule has 6 nitrogen and oxygen atoms in total. The van der Waals surface area contributed by atoms with Gasteiger partial charge in [-0.3, -0.25) is 0 Å². The Balaban J connectivity index is 0.867. The van der Waals surface area contributed by atoms with E-state index in [2.05, 4.69) is 244 Å². The molecule has 81 heavy (non-hydrogen) atoms. The van der Waals surface area contributed by atoms with E-state index in [1.165, 1.54) is 54.5 Å². The van der Waals surface area contributed by atoms with Gasteiger partial charge in [-0.25, -0.2) is 15.0 Å². The first-order chi connectivity index (χ1) is 40.2. The maximum absolute atomic E-state index is 5.10. The van der Waals surface area contributed by atoms with Crippen molar-refractivity contribution in [3.8, 4) is 84.6 Å². The fourth-order valence-electron chi connectivity index (χ4n) is 12.3. The van der Waals surface area contributed by atoms with E-state index in [1.807, 2.05) is 60.7 Å². The Morgan fingerprint density at radius 1 is 0.198 bits per heavy atom. The summed E-state index contributed by atoms with van der Waals surface area (Å²) in [5, 5.41) is 7.27. The Labute approximate surface area is 467 Å². The molecule has 4 aromatic heterocycles. The zero-order valence-corrected chi connectivity index (χ0v) is 43.9. The lowest BCUT2D eigenvalue weighted by molar-refractivity contribution is 1.07. The molecule has 0 aliphatic carbocycles. The lowest BCUT2D eigenvalue weighted by Gasteiger charge is -2.17. The molecule has 0 saturated heterocycles. The molecular weight excluding hydrogens is 985 g/mol. The molecule has 0 atom stereocenters. The van der Waals surface area contributed by atoms with Crippen LogP contribution in [0.1, 0.15) is 0 Å². The predicted molar refractivity (Wildman–Crippen MR) is 335 cm³/mol. The number of nitrogens with zero attached hydrogens (tertiary/aromatic N) is 6. The van der Waals surface area contributed by atoms with Crippen molar-refractivity contribution in [2.75, 3.05) is 0 Å². The van der Waals surface area contributed by atoms with Crippen LogP contribution >= 0.6 is 0 Å². The molecule has 0 amide bonds. The third kappa shape index (κ3) is 7.76. The lowest BCUT2D eigenvalue weighted by Crippen LogP contribution is -2.00. The van der Waals surface area contributed by atoms with E-state index in [9.17, 15) is 0 Å². The van der Waals surface area contributed by atoms with Crippen LogP contribution in [0, 0.1) is 0 Å². The van der Waals surface area contributed by atoms with Crippen LogP contribution in [0.5, 0.6) is 0 Å². The molecule has 12 aromatic carbocycles. The van der Waals surface area contributed by atoms with Gasteiger partial charge in [-0.1, -0.05) is 206 Å². The van der Waals surface area contributed by atoms with Gasteiger partial charge in [0.1, 0.15) is 0 Å². The predicted octanol–water partition coefficient (Wildman–Crippen LogP) is 19.2. The number of benzene rings is 12. The summed E-state index contributed by atoms with van der Waals surface area (Å²) < 4.78 is 7.26. The Morgan fingerprint density at radius 2 is 0.568 bits per heavy atom. The summed E-state index contributed by atoms with van der Waals surface area (Å²) in [5.41, 5.74) is 19.9. The Morgan fingerprint density at radius 3 is 1.16 bits per heavy atom. The van der Waals surface area contributed by atoms with Crippen LogP contribution in [0.2, 0.25) is 0 Å². The Hall–Kier alpha value is -11.0. The van der Waals surface area contributed by atoms with Crippen LogP contribution in [0.15, 0.2) is 291 Å². The van der Waals surface area contributed by atoms with Crippen LogP contribution in [-0.4, -0.2) is 28.7 Å². The molecule has 0 aliphatic rings. The highest BCUT2D eigenvalue weighted by molar-refractivity contribution is 6.14. The molecule has 0 fully saturated rings. The third-order valence-corrected chi connectivity index (χ3v) is 16.1. The van der Waals surface area contributed by atoms with E-state index in [4.69, 9.17) is 15.0 Å². The van der Waals surface area contributed by atoms with Crippen LogP contribution in [0.25, 0.3) is 150 Å². The van der Waals surface area contributed by atoms with Gasteiger partial charge in [-0.05, 0) is 113 Å². The van der Waals surface area contributed by atoms with Crippen molar-refractivity contribution in [2.24, 2.45) is 0 Å². The summed E-state index contributed by atoms with van der Waals surface area (Å²) >= 11 is 0. The monoisotopic (exact) mass is 1030 g/mol. The minimum Gasteiger partial charge on any atom is -0.309 e.